The number of nitrogens with zero attached hydrogens (tertiary/aromatic N) is 2. The van der Waals surface area contributed by atoms with Crippen LogP contribution < -0.4 is 5.73 Å². The zero-order valence-corrected chi connectivity index (χ0v) is 8.87. The van der Waals surface area contributed by atoms with Gasteiger partial charge in [-0.2, -0.15) is 0 Å². The van der Waals surface area contributed by atoms with Crippen molar-refractivity contribution in [2.45, 2.75) is 25.7 Å². The second-order valence-electron chi connectivity index (χ2n) is 3.15. The molecule has 0 aromatic carbocycles. The van der Waals surface area contributed by atoms with Crippen LogP contribution in [0.25, 0.3) is 0 Å². The number of rotatable bonds is 5. The molecule has 82 valence electrons. The Morgan fingerprint density at radius 1 is 1.47 bits per heavy atom. The van der Waals surface area contributed by atoms with Crippen LogP contribution in [0.5, 0.6) is 0 Å². The first kappa shape index (κ1) is 11.7. The van der Waals surface area contributed by atoms with Crippen LogP contribution in [-0.2, 0) is 11.2 Å². The van der Waals surface area contributed by atoms with Gasteiger partial charge >= 0.3 is 5.97 Å². The highest BCUT2D eigenvalue weighted by atomic mass is 35.5. The van der Waals surface area contributed by atoms with Gasteiger partial charge in [-0.25, -0.2) is 9.97 Å². The lowest BCUT2D eigenvalue weighted by atomic mass is 10.1. The van der Waals surface area contributed by atoms with Crippen LogP contribution in [0.2, 0.25) is 5.28 Å². The highest BCUT2D eigenvalue weighted by molar-refractivity contribution is 6.28. The first-order chi connectivity index (χ1) is 7.08. The second kappa shape index (κ2) is 5.50. The summed E-state index contributed by atoms with van der Waals surface area (Å²) in [6.45, 7) is 0. The summed E-state index contributed by atoms with van der Waals surface area (Å²) in [4.78, 5) is 18.0. The van der Waals surface area contributed by atoms with Gasteiger partial charge in [-0.3, -0.25) is 4.79 Å². The van der Waals surface area contributed by atoms with E-state index >= 15 is 0 Å². The maximum atomic E-state index is 10.3. The third kappa shape index (κ3) is 4.60. The molecule has 15 heavy (non-hydrogen) atoms. The van der Waals surface area contributed by atoms with E-state index in [1.807, 2.05) is 0 Å². The Morgan fingerprint density at radius 2 is 2.20 bits per heavy atom. The van der Waals surface area contributed by atoms with E-state index < -0.39 is 5.97 Å². The summed E-state index contributed by atoms with van der Waals surface area (Å²) in [6, 6.07) is 1.65. The summed E-state index contributed by atoms with van der Waals surface area (Å²) < 4.78 is 0. The monoisotopic (exact) mass is 229 g/mol. The van der Waals surface area contributed by atoms with Crippen molar-refractivity contribution >= 4 is 23.4 Å². The summed E-state index contributed by atoms with van der Waals surface area (Å²) in [6.07, 6.45) is 2.21. The zero-order valence-electron chi connectivity index (χ0n) is 8.11. The van der Waals surface area contributed by atoms with Crippen molar-refractivity contribution < 1.29 is 9.90 Å². The van der Waals surface area contributed by atoms with Gasteiger partial charge in [0, 0.05) is 18.2 Å². The molecule has 0 saturated carbocycles. The largest absolute Gasteiger partial charge is 0.481 e. The lowest BCUT2D eigenvalue weighted by Gasteiger charge is -2.01. The van der Waals surface area contributed by atoms with Crippen LogP contribution >= 0.6 is 11.6 Å². The van der Waals surface area contributed by atoms with Gasteiger partial charge in [0.1, 0.15) is 5.82 Å². The topological polar surface area (TPSA) is 89.1 Å². The minimum atomic E-state index is -0.782. The summed E-state index contributed by atoms with van der Waals surface area (Å²) in [5, 5.41) is 8.56. The lowest BCUT2D eigenvalue weighted by Crippen LogP contribution is -1.99. The quantitative estimate of drug-likeness (QED) is 0.590. The minimum Gasteiger partial charge on any atom is -0.481 e. The average Bonchev–Trinajstić information content (AvgIpc) is 2.10. The van der Waals surface area contributed by atoms with Gasteiger partial charge in [0.15, 0.2) is 0 Å². The number of carboxylic acid groups (broad SMARTS) is 1. The number of hydrogen-bond acceptors (Lipinski definition) is 4. The number of unbranched alkanes of at least 4 members (excludes halogenated alkanes) is 1. The standard InChI is InChI=1S/C9H12ClN3O2/c10-9-12-6(5-7(11)13-9)3-1-2-4-8(14)15/h5H,1-4H2,(H,14,15)(H2,11,12,13). The van der Waals surface area contributed by atoms with Crippen molar-refractivity contribution in [2.75, 3.05) is 5.73 Å². The van der Waals surface area contributed by atoms with Gasteiger partial charge in [0.05, 0.1) is 0 Å². The van der Waals surface area contributed by atoms with E-state index in [0.717, 1.165) is 12.1 Å². The predicted octanol–water partition coefficient (Wildman–Crippen LogP) is 1.51. The number of aryl methyl sites for hydroxylation is 1. The van der Waals surface area contributed by atoms with Crippen LogP contribution in [0.1, 0.15) is 25.0 Å². The fourth-order valence-electron chi connectivity index (χ4n) is 1.20. The molecule has 5 nitrogen and oxygen atoms in total. The summed E-state index contributed by atoms with van der Waals surface area (Å²) >= 11 is 5.62. The van der Waals surface area contributed by atoms with Crippen LogP contribution in [0, 0.1) is 0 Å². The van der Waals surface area contributed by atoms with Gasteiger partial charge in [-0.1, -0.05) is 0 Å². The van der Waals surface area contributed by atoms with Crippen molar-refractivity contribution in [3.8, 4) is 0 Å². The fraction of sp³-hybridized carbons (Fsp3) is 0.444. The highest BCUT2D eigenvalue weighted by Crippen LogP contribution is 2.10. The van der Waals surface area contributed by atoms with Crippen LogP contribution in [0.4, 0.5) is 5.82 Å². The number of hydrogen-bond donors (Lipinski definition) is 2. The summed E-state index contributed by atoms with van der Waals surface area (Å²) in [5.74, 6) is -0.446. The molecule has 6 heteroatoms. The first-order valence-electron chi connectivity index (χ1n) is 4.58. The Bertz CT molecular complexity index is 337. The molecule has 0 aliphatic carbocycles. The number of aliphatic carboxylic acids is 1. The molecule has 0 saturated heterocycles. The number of anilines is 1. The number of aromatic nitrogens is 2. The van der Waals surface area contributed by atoms with E-state index in [9.17, 15) is 4.79 Å². The van der Waals surface area contributed by atoms with E-state index in [4.69, 9.17) is 22.4 Å². The molecule has 0 bridgehead atoms. The molecule has 0 spiro atoms. The van der Waals surface area contributed by atoms with E-state index in [-0.39, 0.29) is 11.7 Å². The van der Waals surface area contributed by atoms with Crippen LogP contribution in [-0.4, -0.2) is 21.0 Å². The van der Waals surface area contributed by atoms with Crippen molar-refractivity contribution in [3.63, 3.8) is 0 Å². The molecule has 0 atom stereocenters. The SMILES string of the molecule is Nc1cc(CCCCC(=O)O)nc(Cl)n1. The first-order valence-corrected chi connectivity index (χ1v) is 4.96. The Hall–Kier alpha value is -1.36. The molecule has 0 aliphatic heterocycles. The molecular weight excluding hydrogens is 218 g/mol. The number of carboxylic acids is 1. The number of nitrogens with two attached hydrogens (primary N) is 1. The fourth-order valence-corrected chi connectivity index (χ4v) is 1.40. The number of carbonyl (C=O) groups is 1. The Morgan fingerprint density at radius 3 is 2.80 bits per heavy atom. The third-order valence-electron chi connectivity index (χ3n) is 1.85. The van der Waals surface area contributed by atoms with Gasteiger partial charge in [0.25, 0.3) is 0 Å². The molecule has 1 aromatic rings. The Balaban J connectivity index is 2.40. The Kier molecular flexibility index (Phi) is 4.30. The van der Waals surface area contributed by atoms with Crippen LogP contribution in [0.15, 0.2) is 6.07 Å². The van der Waals surface area contributed by atoms with E-state index in [1.165, 1.54) is 0 Å². The molecule has 1 heterocycles. The van der Waals surface area contributed by atoms with Crippen LogP contribution in [0.3, 0.4) is 0 Å². The van der Waals surface area contributed by atoms with Gasteiger partial charge < -0.3 is 10.8 Å². The maximum Gasteiger partial charge on any atom is 0.303 e. The second-order valence-corrected chi connectivity index (χ2v) is 3.49. The smallest absolute Gasteiger partial charge is 0.303 e. The predicted molar refractivity (Wildman–Crippen MR) is 56.6 cm³/mol. The van der Waals surface area contributed by atoms with Crippen molar-refractivity contribution in [1.82, 2.24) is 9.97 Å². The number of nitrogen functional groups attached to an aromatic ring is 1. The van der Waals surface area contributed by atoms with E-state index in [0.29, 0.717) is 18.7 Å². The van der Waals surface area contributed by atoms with Crippen molar-refractivity contribution in [3.05, 3.63) is 17.0 Å². The normalized spacial score (nSPS) is 10.2. The lowest BCUT2D eigenvalue weighted by molar-refractivity contribution is -0.137. The van der Waals surface area contributed by atoms with Crippen molar-refractivity contribution in [1.29, 1.82) is 0 Å². The molecule has 3 N–H and O–H groups in total. The summed E-state index contributed by atoms with van der Waals surface area (Å²) in [5.41, 5.74) is 6.23. The molecule has 0 aliphatic rings. The highest BCUT2D eigenvalue weighted by Gasteiger charge is 2.02. The Labute approximate surface area is 92.3 Å². The average molecular weight is 230 g/mol. The molecule has 1 rings (SSSR count). The summed E-state index contributed by atoms with van der Waals surface area (Å²) in [7, 11) is 0. The van der Waals surface area contributed by atoms with Crippen molar-refractivity contribution in [2.24, 2.45) is 0 Å². The van der Waals surface area contributed by atoms with Gasteiger partial charge in [-0.05, 0) is 30.9 Å². The zero-order chi connectivity index (χ0) is 11.3. The van der Waals surface area contributed by atoms with Gasteiger partial charge in [0.2, 0.25) is 5.28 Å². The number of halogens is 1. The van der Waals surface area contributed by atoms with Gasteiger partial charge in [-0.15, -0.1) is 0 Å². The van der Waals surface area contributed by atoms with E-state index in [2.05, 4.69) is 9.97 Å². The molecule has 0 fully saturated rings. The molecular formula is C9H12ClN3O2. The molecule has 0 unspecified atom stereocenters. The molecule has 0 radical (unpaired) electrons. The molecule has 1 aromatic heterocycles. The van der Waals surface area contributed by atoms with E-state index in [1.54, 1.807) is 6.07 Å². The maximum absolute atomic E-state index is 10.3. The third-order valence-corrected chi connectivity index (χ3v) is 2.01. The minimum absolute atomic E-state index is 0.128. The molecule has 0 amide bonds.